The monoisotopic (exact) mass is 297 g/mol. The number of hydrogen-bond acceptors (Lipinski definition) is 3. The number of ether oxygens (including phenoxy) is 1. The van der Waals surface area contributed by atoms with Crippen molar-refractivity contribution < 1.29 is 19.4 Å². The van der Waals surface area contributed by atoms with Gasteiger partial charge in [0.1, 0.15) is 12.1 Å². The van der Waals surface area contributed by atoms with E-state index >= 15 is 0 Å². The first-order valence-electron chi connectivity index (χ1n) is 7.84. The van der Waals surface area contributed by atoms with Crippen LogP contribution in [0.1, 0.15) is 58.8 Å². The summed E-state index contributed by atoms with van der Waals surface area (Å²) in [5.41, 5.74) is 0. The summed E-state index contributed by atoms with van der Waals surface area (Å²) in [7, 11) is 0. The van der Waals surface area contributed by atoms with Crippen molar-refractivity contribution in [3.63, 3.8) is 0 Å². The normalized spacial score (nSPS) is 19.9. The van der Waals surface area contributed by atoms with Gasteiger partial charge < -0.3 is 15.2 Å². The standard InChI is InChI=1S/C16H27NO4/c1-3-4-11-14(16(19)20)17-15(18)12(2)21-13-9-7-5-6-8-10-13/h3-4,12-14H,5-11H2,1-2H3,(H,17,18)(H,19,20)/b4-3+. The molecule has 1 amide bonds. The SMILES string of the molecule is C/C=C/CC(NC(=O)C(C)OC1CCCCCC1)C(=O)O. The highest BCUT2D eigenvalue weighted by molar-refractivity contribution is 5.86. The van der Waals surface area contributed by atoms with E-state index in [9.17, 15) is 9.59 Å². The van der Waals surface area contributed by atoms with Crippen LogP contribution in [0.25, 0.3) is 0 Å². The molecule has 0 radical (unpaired) electrons. The summed E-state index contributed by atoms with van der Waals surface area (Å²) in [5.74, 6) is -1.38. The lowest BCUT2D eigenvalue weighted by atomic mass is 10.1. The number of allylic oxidation sites excluding steroid dienone is 1. The minimum atomic E-state index is -1.02. The molecule has 5 heteroatoms. The number of carbonyl (C=O) groups is 2. The minimum Gasteiger partial charge on any atom is -0.480 e. The van der Waals surface area contributed by atoms with Gasteiger partial charge in [-0.3, -0.25) is 4.79 Å². The van der Waals surface area contributed by atoms with Gasteiger partial charge in [0.2, 0.25) is 5.91 Å². The van der Waals surface area contributed by atoms with E-state index in [1.165, 1.54) is 12.8 Å². The van der Waals surface area contributed by atoms with Gasteiger partial charge in [-0.25, -0.2) is 4.79 Å². The molecule has 1 aliphatic carbocycles. The average molecular weight is 297 g/mol. The first-order chi connectivity index (χ1) is 10.0. The van der Waals surface area contributed by atoms with E-state index in [1.807, 2.05) is 6.92 Å². The van der Waals surface area contributed by atoms with Crippen LogP contribution in [-0.2, 0) is 14.3 Å². The Hall–Kier alpha value is -1.36. The van der Waals surface area contributed by atoms with Gasteiger partial charge in [-0.2, -0.15) is 0 Å². The maximum Gasteiger partial charge on any atom is 0.326 e. The Balaban J connectivity index is 2.45. The number of aliphatic carboxylic acids is 1. The van der Waals surface area contributed by atoms with Gasteiger partial charge in [0.15, 0.2) is 0 Å². The topological polar surface area (TPSA) is 75.6 Å². The van der Waals surface area contributed by atoms with Crippen molar-refractivity contribution in [2.45, 2.75) is 77.0 Å². The molecule has 1 saturated carbocycles. The fourth-order valence-corrected chi connectivity index (χ4v) is 2.51. The van der Waals surface area contributed by atoms with E-state index in [2.05, 4.69) is 5.32 Å². The van der Waals surface area contributed by atoms with E-state index in [0.717, 1.165) is 25.7 Å². The van der Waals surface area contributed by atoms with Crippen molar-refractivity contribution in [2.75, 3.05) is 0 Å². The van der Waals surface area contributed by atoms with Gasteiger partial charge in [-0.1, -0.05) is 37.8 Å². The maximum absolute atomic E-state index is 12.1. The number of amides is 1. The Morgan fingerprint density at radius 1 is 1.29 bits per heavy atom. The predicted molar refractivity (Wildman–Crippen MR) is 81.0 cm³/mol. The number of nitrogens with one attached hydrogen (secondary N) is 1. The molecule has 0 aliphatic heterocycles. The van der Waals surface area contributed by atoms with E-state index in [1.54, 1.807) is 19.1 Å². The van der Waals surface area contributed by atoms with Crippen LogP contribution in [0.3, 0.4) is 0 Å². The third kappa shape index (κ3) is 6.76. The van der Waals surface area contributed by atoms with Gasteiger partial charge in [-0.05, 0) is 33.1 Å². The fraction of sp³-hybridized carbons (Fsp3) is 0.750. The first kappa shape index (κ1) is 17.7. The van der Waals surface area contributed by atoms with Crippen LogP contribution < -0.4 is 5.32 Å². The third-order valence-corrected chi connectivity index (χ3v) is 3.79. The Kier molecular flexibility index (Phi) is 8.05. The Labute approximate surface area is 126 Å². The highest BCUT2D eigenvalue weighted by Crippen LogP contribution is 2.21. The zero-order valence-electron chi connectivity index (χ0n) is 13.0. The molecule has 0 aromatic carbocycles. The van der Waals surface area contributed by atoms with Gasteiger partial charge in [-0.15, -0.1) is 0 Å². The van der Waals surface area contributed by atoms with E-state index in [0.29, 0.717) is 0 Å². The minimum absolute atomic E-state index is 0.118. The molecule has 0 heterocycles. The van der Waals surface area contributed by atoms with Crippen LogP contribution in [0, 0.1) is 0 Å². The van der Waals surface area contributed by atoms with Crippen LogP contribution in [0.4, 0.5) is 0 Å². The smallest absolute Gasteiger partial charge is 0.326 e. The summed E-state index contributed by atoms with van der Waals surface area (Å²) in [6, 6.07) is -0.895. The van der Waals surface area contributed by atoms with Crippen molar-refractivity contribution in [1.29, 1.82) is 0 Å². The molecular formula is C16H27NO4. The second-order valence-electron chi connectivity index (χ2n) is 5.60. The summed E-state index contributed by atoms with van der Waals surface area (Å²) < 4.78 is 5.80. The van der Waals surface area contributed by atoms with Gasteiger partial charge in [0, 0.05) is 0 Å². The summed E-state index contributed by atoms with van der Waals surface area (Å²) in [6.45, 7) is 3.51. The van der Waals surface area contributed by atoms with Crippen LogP contribution in [-0.4, -0.2) is 35.2 Å². The summed E-state index contributed by atoms with van der Waals surface area (Å²) >= 11 is 0. The van der Waals surface area contributed by atoms with E-state index < -0.39 is 18.1 Å². The molecule has 1 fully saturated rings. The quantitative estimate of drug-likeness (QED) is 0.559. The lowest BCUT2D eigenvalue weighted by Crippen LogP contribution is -2.46. The molecule has 1 rings (SSSR count). The number of carbonyl (C=O) groups excluding carboxylic acids is 1. The molecule has 0 aromatic heterocycles. The van der Waals surface area contributed by atoms with Crippen LogP contribution >= 0.6 is 0 Å². The van der Waals surface area contributed by atoms with Crippen molar-refractivity contribution in [3.8, 4) is 0 Å². The molecule has 0 bridgehead atoms. The van der Waals surface area contributed by atoms with Crippen molar-refractivity contribution in [3.05, 3.63) is 12.2 Å². The largest absolute Gasteiger partial charge is 0.480 e. The molecule has 1 aliphatic rings. The summed E-state index contributed by atoms with van der Waals surface area (Å²) in [6.07, 6.45) is 9.99. The average Bonchev–Trinajstić information content (AvgIpc) is 2.71. The Morgan fingerprint density at radius 3 is 2.43 bits per heavy atom. The van der Waals surface area contributed by atoms with Crippen LogP contribution in [0.2, 0.25) is 0 Å². The fourth-order valence-electron chi connectivity index (χ4n) is 2.51. The predicted octanol–water partition coefficient (Wildman–Crippen LogP) is 2.65. The molecule has 0 spiro atoms. The molecule has 2 N–H and O–H groups in total. The second-order valence-corrected chi connectivity index (χ2v) is 5.60. The molecule has 2 unspecified atom stereocenters. The first-order valence-corrected chi connectivity index (χ1v) is 7.84. The maximum atomic E-state index is 12.1. The van der Waals surface area contributed by atoms with E-state index in [4.69, 9.17) is 9.84 Å². The van der Waals surface area contributed by atoms with Crippen molar-refractivity contribution in [2.24, 2.45) is 0 Å². The molecule has 0 saturated heterocycles. The number of carboxylic acids is 1. The number of rotatable bonds is 7. The molecule has 5 nitrogen and oxygen atoms in total. The lowest BCUT2D eigenvalue weighted by molar-refractivity contribution is -0.145. The third-order valence-electron chi connectivity index (χ3n) is 3.79. The molecule has 120 valence electrons. The summed E-state index contributed by atoms with van der Waals surface area (Å²) in [5, 5.41) is 11.6. The number of carboxylic acid groups (broad SMARTS) is 1. The zero-order valence-corrected chi connectivity index (χ0v) is 13.0. The molecular weight excluding hydrogens is 270 g/mol. The zero-order chi connectivity index (χ0) is 15.7. The van der Waals surface area contributed by atoms with Gasteiger partial charge in [0.05, 0.1) is 6.10 Å². The number of hydrogen-bond donors (Lipinski definition) is 2. The lowest BCUT2D eigenvalue weighted by Gasteiger charge is -2.22. The second kappa shape index (κ2) is 9.55. The van der Waals surface area contributed by atoms with Gasteiger partial charge >= 0.3 is 5.97 Å². The molecule has 2 atom stereocenters. The Bertz CT molecular complexity index is 359. The highest BCUT2D eigenvalue weighted by atomic mass is 16.5. The Morgan fingerprint density at radius 2 is 1.90 bits per heavy atom. The molecule has 21 heavy (non-hydrogen) atoms. The van der Waals surface area contributed by atoms with Crippen molar-refractivity contribution >= 4 is 11.9 Å². The summed E-state index contributed by atoms with van der Waals surface area (Å²) in [4.78, 5) is 23.2. The van der Waals surface area contributed by atoms with Gasteiger partial charge in [0.25, 0.3) is 0 Å². The van der Waals surface area contributed by atoms with Crippen LogP contribution in [0.15, 0.2) is 12.2 Å². The molecule has 0 aromatic rings. The van der Waals surface area contributed by atoms with Crippen LogP contribution in [0.5, 0.6) is 0 Å². The van der Waals surface area contributed by atoms with Crippen molar-refractivity contribution in [1.82, 2.24) is 5.32 Å². The highest BCUT2D eigenvalue weighted by Gasteiger charge is 2.24. The van der Waals surface area contributed by atoms with E-state index in [-0.39, 0.29) is 18.4 Å².